The van der Waals surface area contributed by atoms with Crippen molar-refractivity contribution in [2.75, 3.05) is 18.4 Å². The molecule has 1 fully saturated rings. The summed E-state index contributed by atoms with van der Waals surface area (Å²) in [7, 11) is 0. The number of thiazole rings is 1. The van der Waals surface area contributed by atoms with Crippen LogP contribution in [0, 0.1) is 11.3 Å². The van der Waals surface area contributed by atoms with E-state index in [0.29, 0.717) is 24.1 Å². The molecule has 2 aromatic rings. The number of rotatable bonds is 6. The number of nitrogens with one attached hydrogen (secondary N) is 1. The van der Waals surface area contributed by atoms with Crippen LogP contribution in [0.25, 0.3) is 0 Å². The predicted molar refractivity (Wildman–Crippen MR) is 120 cm³/mol. The number of hydrogen-bond donors (Lipinski definition) is 2. The monoisotopic (exact) mass is 449 g/mol. The van der Waals surface area contributed by atoms with E-state index in [0.717, 1.165) is 22.8 Å². The van der Waals surface area contributed by atoms with E-state index in [1.807, 2.05) is 30.9 Å². The molecule has 1 aliphatic rings. The van der Waals surface area contributed by atoms with Crippen LogP contribution in [0.5, 0.6) is 0 Å². The number of carboxylic acid groups (broad SMARTS) is 1. The van der Waals surface area contributed by atoms with Gasteiger partial charge >= 0.3 is 5.97 Å². The molecule has 3 rings (SSSR count). The minimum absolute atomic E-state index is 0.0275. The predicted octanol–water partition coefficient (Wildman–Crippen LogP) is 4.97. The van der Waals surface area contributed by atoms with Gasteiger partial charge in [-0.3, -0.25) is 4.79 Å². The lowest BCUT2D eigenvalue weighted by atomic mass is 9.70. The number of piperidine rings is 1. The molecular formula is C22H28ClN3O3S. The number of amides is 1. The van der Waals surface area contributed by atoms with E-state index in [4.69, 9.17) is 16.7 Å². The fourth-order valence-electron chi connectivity index (χ4n) is 4.14. The van der Waals surface area contributed by atoms with E-state index in [9.17, 15) is 9.59 Å². The summed E-state index contributed by atoms with van der Waals surface area (Å²) in [6.45, 7) is 9.69. The Morgan fingerprint density at radius 1 is 1.30 bits per heavy atom. The largest absolute Gasteiger partial charge is 0.477 e. The number of likely N-dealkylation sites (tertiary alicyclic amines) is 1. The van der Waals surface area contributed by atoms with Crippen LogP contribution in [0.1, 0.15) is 55.3 Å². The van der Waals surface area contributed by atoms with Gasteiger partial charge < -0.3 is 15.3 Å². The Hall–Kier alpha value is -2.12. The van der Waals surface area contributed by atoms with Gasteiger partial charge in [0.25, 0.3) is 0 Å². The average molecular weight is 450 g/mol. The van der Waals surface area contributed by atoms with Gasteiger partial charge in [0.2, 0.25) is 5.91 Å². The van der Waals surface area contributed by atoms with Crippen LogP contribution in [0.3, 0.4) is 0 Å². The summed E-state index contributed by atoms with van der Waals surface area (Å²) in [6.07, 6.45) is 2.20. The minimum Gasteiger partial charge on any atom is -0.477 e. The Morgan fingerprint density at radius 3 is 2.50 bits per heavy atom. The number of benzene rings is 1. The molecule has 0 saturated carbocycles. The third-order valence-corrected chi connectivity index (χ3v) is 6.91. The van der Waals surface area contributed by atoms with Crippen molar-refractivity contribution in [3.8, 4) is 0 Å². The molecule has 0 bridgehead atoms. The highest BCUT2D eigenvalue weighted by molar-refractivity contribution is 7.17. The number of anilines is 1. The fourth-order valence-corrected chi connectivity index (χ4v) is 4.96. The summed E-state index contributed by atoms with van der Waals surface area (Å²) >= 11 is 7.09. The van der Waals surface area contributed by atoms with Gasteiger partial charge in [-0.25, -0.2) is 9.78 Å². The van der Waals surface area contributed by atoms with Gasteiger partial charge in [0.15, 0.2) is 5.13 Å². The molecule has 1 aromatic carbocycles. The molecule has 0 radical (unpaired) electrons. The summed E-state index contributed by atoms with van der Waals surface area (Å²) in [5, 5.41) is 13.5. The van der Waals surface area contributed by atoms with E-state index in [1.165, 1.54) is 11.8 Å². The number of aromatic nitrogens is 1. The van der Waals surface area contributed by atoms with Crippen molar-refractivity contribution >= 4 is 39.9 Å². The molecule has 1 saturated heterocycles. The maximum atomic E-state index is 13.4. The third-order valence-electron chi connectivity index (χ3n) is 5.74. The van der Waals surface area contributed by atoms with Gasteiger partial charge in [0, 0.05) is 18.1 Å². The molecule has 0 spiro atoms. The quantitative estimate of drug-likeness (QED) is 0.650. The van der Waals surface area contributed by atoms with E-state index in [1.54, 1.807) is 0 Å². The van der Waals surface area contributed by atoms with Crippen LogP contribution in [0.4, 0.5) is 5.13 Å². The Bertz CT molecular complexity index is 911. The Labute approximate surface area is 186 Å². The zero-order valence-corrected chi connectivity index (χ0v) is 19.3. The molecule has 1 aromatic heterocycles. The van der Waals surface area contributed by atoms with Crippen LogP contribution in [0.15, 0.2) is 30.5 Å². The maximum absolute atomic E-state index is 13.4. The number of aromatic carboxylic acids is 1. The lowest BCUT2D eigenvalue weighted by Crippen LogP contribution is -2.53. The zero-order chi connectivity index (χ0) is 22.1. The van der Waals surface area contributed by atoms with E-state index in [-0.39, 0.29) is 22.1 Å². The van der Waals surface area contributed by atoms with Gasteiger partial charge in [0.1, 0.15) is 10.9 Å². The number of carbonyl (C=O) groups is 2. The van der Waals surface area contributed by atoms with Crippen molar-refractivity contribution in [2.24, 2.45) is 11.3 Å². The number of carboxylic acids is 1. The summed E-state index contributed by atoms with van der Waals surface area (Å²) in [6, 6.07) is 7.53. The molecule has 0 aliphatic carbocycles. The highest BCUT2D eigenvalue weighted by Gasteiger charge is 2.40. The highest BCUT2D eigenvalue weighted by Crippen LogP contribution is 2.42. The van der Waals surface area contributed by atoms with Gasteiger partial charge in [-0.15, -0.1) is 0 Å². The number of hydrogen-bond acceptors (Lipinski definition) is 5. The van der Waals surface area contributed by atoms with Crippen LogP contribution in [-0.2, 0) is 4.79 Å². The molecule has 8 heteroatoms. The normalized spacial score (nSPS) is 19.5. The summed E-state index contributed by atoms with van der Waals surface area (Å²) in [5.41, 5.74) is 1.17. The lowest BCUT2D eigenvalue weighted by molar-refractivity contribution is -0.136. The van der Waals surface area contributed by atoms with Gasteiger partial charge in [0.05, 0.1) is 6.20 Å². The van der Waals surface area contributed by atoms with Crippen molar-refractivity contribution in [3.63, 3.8) is 0 Å². The summed E-state index contributed by atoms with van der Waals surface area (Å²) in [4.78, 5) is 30.7. The third kappa shape index (κ3) is 4.95. The SMILES string of the molecule is CC(C)C(Nc1ncc(C(=O)O)s1)C(=O)N1CCC(c2ccc(Cl)cc2)C(C)(C)C1. The average Bonchev–Trinajstić information content (AvgIpc) is 3.14. The van der Waals surface area contributed by atoms with Crippen LogP contribution in [-0.4, -0.2) is 46.0 Å². The second-order valence-corrected chi connectivity index (χ2v) is 10.3. The second kappa shape index (κ2) is 8.94. The molecular weight excluding hydrogens is 422 g/mol. The van der Waals surface area contributed by atoms with E-state index in [2.05, 4.69) is 36.3 Å². The molecule has 2 heterocycles. The Morgan fingerprint density at radius 2 is 1.97 bits per heavy atom. The van der Waals surface area contributed by atoms with Crippen molar-refractivity contribution in [2.45, 2.75) is 46.1 Å². The summed E-state index contributed by atoms with van der Waals surface area (Å²) in [5.74, 6) is -0.605. The molecule has 1 aliphatic heterocycles. The number of halogens is 1. The first-order chi connectivity index (χ1) is 14.1. The van der Waals surface area contributed by atoms with Crippen molar-refractivity contribution in [3.05, 3.63) is 45.9 Å². The first kappa shape index (κ1) is 22.6. The van der Waals surface area contributed by atoms with Gasteiger partial charge in [-0.2, -0.15) is 0 Å². The first-order valence-electron chi connectivity index (χ1n) is 10.1. The molecule has 2 unspecified atom stereocenters. The molecule has 2 N–H and O–H groups in total. The maximum Gasteiger partial charge on any atom is 0.347 e. The van der Waals surface area contributed by atoms with Gasteiger partial charge in [-0.05, 0) is 41.4 Å². The van der Waals surface area contributed by atoms with Crippen LogP contribution >= 0.6 is 22.9 Å². The van der Waals surface area contributed by atoms with E-state index < -0.39 is 12.0 Å². The van der Waals surface area contributed by atoms with Crippen LogP contribution in [0.2, 0.25) is 5.02 Å². The first-order valence-corrected chi connectivity index (χ1v) is 11.3. The Kier molecular flexibility index (Phi) is 6.72. The topological polar surface area (TPSA) is 82.5 Å². The summed E-state index contributed by atoms with van der Waals surface area (Å²) < 4.78 is 0. The second-order valence-electron chi connectivity index (χ2n) is 8.84. The van der Waals surface area contributed by atoms with Crippen molar-refractivity contribution in [1.82, 2.24) is 9.88 Å². The lowest BCUT2D eigenvalue weighted by Gasteiger charge is -2.45. The zero-order valence-electron chi connectivity index (χ0n) is 17.7. The van der Waals surface area contributed by atoms with Crippen molar-refractivity contribution < 1.29 is 14.7 Å². The smallest absolute Gasteiger partial charge is 0.347 e. The standard InChI is InChI=1S/C22H28ClN3O3S/c1-13(2)18(25-21-24-11-17(30-21)20(28)29)19(27)26-10-9-16(22(3,4)12-26)14-5-7-15(23)8-6-14/h5-8,11,13,16,18H,9-10,12H2,1-4H3,(H,24,25)(H,28,29). The number of nitrogens with zero attached hydrogens (tertiary/aromatic N) is 2. The van der Waals surface area contributed by atoms with E-state index >= 15 is 0 Å². The molecule has 1 amide bonds. The molecule has 30 heavy (non-hydrogen) atoms. The van der Waals surface area contributed by atoms with Crippen LogP contribution < -0.4 is 5.32 Å². The molecule has 2 atom stereocenters. The molecule has 162 valence electrons. The molecule has 6 nitrogen and oxygen atoms in total. The Balaban J connectivity index is 1.73. The number of carbonyl (C=O) groups excluding carboxylic acids is 1. The minimum atomic E-state index is -1.01. The fraction of sp³-hybridized carbons (Fsp3) is 0.500. The van der Waals surface area contributed by atoms with Gasteiger partial charge in [-0.1, -0.05) is 62.8 Å². The highest BCUT2D eigenvalue weighted by atomic mass is 35.5. The van der Waals surface area contributed by atoms with Crippen molar-refractivity contribution in [1.29, 1.82) is 0 Å².